The van der Waals surface area contributed by atoms with Gasteiger partial charge in [-0.3, -0.25) is 14.6 Å². The van der Waals surface area contributed by atoms with Gasteiger partial charge in [0.15, 0.2) is 5.82 Å². The number of benzene rings is 1. The highest BCUT2D eigenvalue weighted by Gasteiger charge is 2.23. The molecule has 3 rings (SSSR count). The largest absolute Gasteiger partial charge is 0.367 e. The zero-order chi connectivity index (χ0) is 18.5. The van der Waals surface area contributed by atoms with E-state index in [-0.39, 0.29) is 41.4 Å². The lowest BCUT2D eigenvalue weighted by atomic mass is 9.93. The molecule has 28 heavy (non-hydrogen) atoms. The van der Waals surface area contributed by atoms with E-state index < -0.39 is 0 Å². The van der Waals surface area contributed by atoms with Crippen molar-refractivity contribution in [2.45, 2.75) is 26.2 Å². The van der Waals surface area contributed by atoms with Crippen LogP contribution in [0, 0.1) is 11.7 Å². The Morgan fingerprint density at radius 2 is 1.71 bits per heavy atom. The first-order valence-electron chi connectivity index (χ1n) is 9.66. The smallest absolute Gasteiger partial charge is 0.165 e. The van der Waals surface area contributed by atoms with Crippen LogP contribution in [0.4, 0.5) is 10.1 Å². The number of Topliss-reactive ketones (excluding diaryl/α,β-unsaturated/α-hetero) is 1. The van der Waals surface area contributed by atoms with Crippen molar-refractivity contribution < 1.29 is 9.18 Å². The first-order chi connectivity index (χ1) is 12.5. The number of nitrogens with zero attached hydrogens (tertiary/aromatic N) is 3. The van der Waals surface area contributed by atoms with E-state index in [0.29, 0.717) is 12.2 Å². The number of carbonyl (C=O) groups is 1. The molecule has 0 radical (unpaired) electrons. The summed E-state index contributed by atoms with van der Waals surface area (Å²) in [5, 5.41) is 0.195. The molecule has 1 aromatic rings. The molecule has 8 heteroatoms. The Hall–Kier alpha value is -0.590. The van der Waals surface area contributed by atoms with Crippen LogP contribution in [0.25, 0.3) is 0 Å². The number of hydrogen-bond donors (Lipinski definition) is 0. The van der Waals surface area contributed by atoms with E-state index in [1.807, 2.05) is 12.1 Å². The predicted octanol–water partition coefficient (Wildman–Crippen LogP) is 4.14. The lowest BCUT2D eigenvalue weighted by Crippen LogP contribution is -2.47. The normalized spacial score (nSPS) is 19.0. The fourth-order valence-corrected chi connectivity index (χ4v) is 4.23. The van der Waals surface area contributed by atoms with Gasteiger partial charge in [0.1, 0.15) is 5.78 Å². The summed E-state index contributed by atoms with van der Waals surface area (Å²) >= 11 is 5.90. The molecule has 0 N–H and O–H groups in total. The summed E-state index contributed by atoms with van der Waals surface area (Å²) in [5.74, 6) is 0.721. The number of ketones is 1. The van der Waals surface area contributed by atoms with E-state index >= 15 is 0 Å². The van der Waals surface area contributed by atoms with Gasteiger partial charge in [-0.05, 0) is 63.9 Å². The number of carbonyl (C=O) groups excluding carboxylic acids is 1. The van der Waals surface area contributed by atoms with Crippen molar-refractivity contribution in [2.24, 2.45) is 5.92 Å². The average Bonchev–Trinajstić information content (AvgIpc) is 2.63. The number of hydrogen-bond acceptors (Lipinski definition) is 4. The third kappa shape index (κ3) is 7.03. The van der Waals surface area contributed by atoms with Crippen molar-refractivity contribution in [1.82, 2.24) is 9.80 Å². The molecule has 2 fully saturated rings. The van der Waals surface area contributed by atoms with Crippen molar-refractivity contribution in [1.29, 1.82) is 0 Å². The summed E-state index contributed by atoms with van der Waals surface area (Å²) in [4.78, 5) is 18.1. The minimum Gasteiger partial charge on any atom is -0.367 e. The van der Waals surface area contributed by atoms with Crippen LogP contribution < -0.4 is 4.90 Å². The topological polar surface area (TPSA) is 26.8 Å². The molecule has 0 bridgehead atoms. The number of piperidine rings is 1. The summed E-state index contributed by atoms with van der Waals surface area (Å²) in [6.45, 7) is 9.10. The quantitative estimate of drug-likeness (QED) is 0.645. The molecule has 0 saturated carbocycles. The summed E-state index contributed by atoms with van der Waals surface area (Å²) in [7, 11) is 0. The van der Waals surface area contributed by atoms with Gasteiger partial charge in [0, 0.05) is 26.2 Å². The van der Waals surface area contributed by atoms with Gasteiger partial charge in [-0.2, -0.15) is 0 Å². The Kier molecular flexibility index (Phi) is 11.1. The Morgan fingerprint density at radius 1 is 1.07 bits per heavy atom. The van der Waals surface area contributed by atoms with Gasteiger partial charge in [-0.15, -0.1) is 24.8 Å². The number of rotatable bonds is 6. The highest BCUT2D eigenvalue weighted by atomic mass is 35.5. The monoisotopic (exact) mass is 453 g/mol. The molecular formula is C20H31Cl3FN3O. The van der Waals surface area contributed by atoms with E-state index in [4.69, 9.17) is 11.6 Å². The molecule has 0 atom stereocenters. The lowest BCUT2D eigenvalue weighted by molar-refractivity contribution is -0.118. The highest BCUT2D eigenvalue weighted by Crippen LogP contribution is 2.27. The van der Waals surface area contributed by atoms with Crippen LogP contribution in [0.3, 0.4) is 0 Å². The fraction of sp³-hybridized carbons (Fsp3) is 0.650. The maximum atomic E-state index is 14.2. The van der Waals surface area contributed by atoms with Crippen molar-refractivity contribution in [3.05, 3.63) is 29.0 Å². The fourth-order valence-electron chi connectivity index (χ4n) is 4.06. The third-order valence-corrected chi connectivity index (χ3v) is 5.94. The zero-order valence-corrected chi connectivity index (χ0v) is 18.8. The third-order valence-electron chi connectivity index (χ3n) is 5.65. The predicted molar refractivity (Wildman–Crippen MR) is 119 cm³/mol. The van der Waals surface area contributed by atoms with Crippen LogP contribution in [0.2, 0.25) is 5.02 Å². The molecule has 4 nitrogen and oxygen atoms in total. The Labute approximate surface area is 185 Å². The molecule has 0 aliphatic carbocycles. The average molecular weight is 455 g/mol. The van der Waals surface area contributed by atoms with Crippen molar-refractivity contribution in [2.75, 3.05) is 57.3 Å². The summed E-state index contributed by atoms with van der Waals surface area (Å²) in [6, 6.07) is 5.22. The Bertz CT molecular complexity index is 619. The van der Waals surface area contributed by atoms with Crippen molar-refractivity contribution in [3.8, 4) is 0 Å². The van der Waals surface area contributed by atoms with E-state index in [1.54, 1.807) is 13.0 Å². The molecule has 2 saturated heterocycles. The Balaban J connectivity index is 0.00000196. The van der Waals surface area contributed by atoms with E-state index in [1.165, 1.54) is 19.3 Å². The maximum absolute atomic E-state index is 14.2. The van der Waals surface area contributed by atoms with E-state index in [9.17, 15) is 9.18 Å². The number of likely N-dealkylation sites (tertiary alicyclic amines) is 1. The standard InChI is InChI=1S/C20H29ClFN3O.2ClH/c1-16(26)15-24-9-6-17(7-10-24)5-8-23-11-13-25(14-12-23)19-4-2-3-18(21)20(19)22;;/h2-4,17H,5-15H2,1H3;2*1H. The summed E-state index contributed by atoms with van der Waals surface area (Å²) in [6.07, 6.45) is 3.61. The maximum Gasteiger partial charge on any atom is 0.165 e. The first-order valence-corrected chi connectivity index (χ1v) is 10.0. The van der Waals surface area contributed by atoms with Crippen LogP contribution in [0.5, 0.6) is 0 Å². The minimum atomic E-state index is -0.306. The van der Waals surface area contributed by atoms with Gasteiger partial charge >= 0.3 is 0 Å². The second-order valence-electron chi connectivity index (χ2n) is 7.61. The molecule has 2 heterocycles. The molecule has 0 unspecified atom stereocenters. The lowest BCUT2D eigenvalue weighted by Gasteiger charge is -2.37. The molecule has 0 amide bonds. The zero-order valence-electron chi connectivity index (χ0n) is 16.4. The van der Waals surface area contributed by atoms with Crippen LogP contribution >= 0.6 is 36.4 Å². The van der Waals surface area contributed by atoms with Crippen molar-refractivity contribution >= 4 is 47.9 Å². The van der Waals surface area contributed by atoms with Gasteiger partial charge in [-0.25, -0.2) is 4.39 Å². The molecule has 2 aliphatic heterocycles. The number of anilines is 1. The van der Waals surface area contributed by atoms with Gasteiger partial charge in [-0.1, -0.05) is 17.7 Å². The van der Waals surface area contributed by atoms with Crippen LogP contribution in [0.1, 0.15) is 26.2 Å². The summed E-state index contributed by atoms with van der Waals surface area (Å²) in [5.41, 5.74) is 0.620. The molecule has 1 aromatic carbocycles. The number of piperazine rings is 1. The van der Waals surface area contributed by atoms with Gasteiger partial charge in [0.25, 0.3) is 0 Å². The second-order valence-corrected chi connectivity index (χ2v) is 8.02. The van der Waals surface area contributed by atoms with Crippen LogP contribution in [0.15, 0.2) is 18.2 Å². The van der Waals surface area contributed by atoms with E-state index in [2.05, 4.69) is 14.7 Å². The molecule has 160 valence electrons. The van der Waals surface area contributed by atoms with Crippen molar-refractivity contribution in [3.63, 3.8) is 0 Å². The molecular weight excluding hydrogens is 424 g/mol. The first kappa shape index (κ1) is 25.4. The summed E-state index contributed by atoms with van der Waals surface area (Å²) < 4.78 is 14.2. The SMILES string of the molecule is CC(=O)CN1CCC(CCN2CCN(c3cccc(Cl)c3F)CC2)CC1.Cl.Cl. The van der Waals surface area contributed by atoms with Gasteiger partial charge in [0.2, 0.25) is 0 Å². The highest BCUT2D eigenvalue weighted by molar-refractivity contribution is 6.31. The molecule has 0 spiro atoms. The Morgan fingerprint density at radius 3 is 2.32 bits per heavy atom. The number of halogens is 4. The molecule has 2 aliphatic rings. The van der Waals surface area contributed by atoms with Gasteiger partial charge in [0.05, 0.1) is 17.3 Å². The van der Waals surface area contributed by atoms with Gasteiger partial charge < -0.3 is 4.90 Å². The molecule has 0 aromatic heterocycles. The van der Waals surface area contributed by atoms with Crippen LogP contribution in [-0.2, 0) is 4.79 Å². The minimum absolute atomic E-state index is 0. The second kappa shape index (κ2) is 12.2. The van der Waals surface area contributed by atoms with Crippen LogP contribution in [-0.4, -0.2) is 67.9 Å². The van der Waals surface area contributed by atoms with E-state index in [0.717, 1.165) is 51.7 Å².